The van der Waals surface area contributed by atoms with Gasteiger partial charge in [-0.05, 0) is 47.4 Å². The molecule has 0 unspecified atom stereocenters. The number of ether oxygens (including phenoxy) is 4. The van der Waals surface area contributed by atoms with E-state index >= 15 is 0 Å². The maximum absolute atomic E-state index is 12.3. The van der Waals surface area contributed by atoms with E-state index < -0.39 is 11.9 Å². The summed E-state index contributed by atoms with van der Waals surface area (Å²) in [5.41, 5.74) is 2.62. The zero-order chi connectivity index (χ0) is 21.8. The average molecular weight is 409 g/mol. The third-order valence-electron chi connectivity index (χ3n) is 4.48. The van der Waals surface area contributed by atoms with Gasteiger partial charge in [0.25, 0.3) is 0 Å². The fraction of sp³-hybridized carbons (Fsp3) is 0.261. The van der Waals surface area contributed by atoms with Crippen LogP contribution in [0.5, 0.6) is 17.2 Å². The van der Waals surface area contributed by atoms with E-state index in [1.165, 1.54) is 26.7 Å². The van der Waals surface area contributed by atoms with Crippen molar-refractivity contribution in [2.45, 2.75) is 26.7 Å². The number of methoxy groups -OCH3 is 2. The van der Waals surface area contributed by atoms with Crippen LogP contribution >= 0.6 is 0 Å². The molecule has 0 fully saturated rings. The van der Waals surface area contributed by atoms with Gasteiger partial charge in [-0.15, -0.1) is 0 Å². The summed E-state index contributed by atoms with van der Waals surface area (Å²) in [5.74, 6) is 0.333. The molecule has 0 spiro atoms. The lowest BCUT2D eigenvalue weighted by Gasteiger charge is -2.13. The largest absolute Gasteiger partial charge is 0.493 e. The minimum absolute atomic E-state index is 0.141. The molecule has 0 bridgehead atoms. The highest BCUT2D eigenvalue weighted by atomic mass is 16.6. The van der Waals surface area contributed by atoms with Crippen molar-refractivity contribution in [2.75, 3.05) is 14.2 Å². The number of aliphatic imine (C=N–C) groups is 1. The van der Waals surface area contributed by atoms with Crippen LogP contribution in [-0.2, 0) is 14.3 Å². The Hall–Kier alpha value is -3.61. The molecule has 0 radical (unpaired) electrons. The number of carbonyl (C=O) groups is 2. The maximum atomic E-state index is 12.3. The first-order chi connectivity index (χ1) is 14.3. The molecule has 3 rings (SSSR count). The van der Waals surface area contributed by atoms with E-state index in [1.54, 1.807) is 18.2 Å². The van der Waals surface area contributed by atoms with Crippen LogP contribution in [0.2, 0.25) is 0 Å². The minimum atomic E-state index is -0.556. The molecule has 0 N–H and O–H groups in total. The predicted octanol–water partition coefficient (Wildman–Crippen LogP) is 4.10. The monoisotopic (exact) mass is 409 g/mol. The lowest BCUT2D eigenvalue weighted by molar-refractivity contribution is -0.132. The van der Waals surface area contributed by atoms with Crippen LogP contribution in [0.1, 0.15) is 43.4 Å². The van der Waals surface area contributed by atoms with Gasteiger partial charge in [0, 0.05) is 12.5 Å². The molecule has 0 saturated carbocycles. The van der Waals surface area contributed by atoms with Crippen LogP contribution in [-0.4, -0.2) is 32.1 Å². The Kier molecular flexibility index (Phi) is 6.20. The molecular formula is C23H23NO6. The van der Waals surface area contributed by atoms with E-state index in [0.29, 0.717) is 11.5 Å². The second-order valence-corrected chi connectivity index (χ2v) is 6.96. The number of hydrogen-bond donors (Lipinski definition) is 0. The smallest absolute Gasteiger partial charge is 0.363 e. The molecule has 0 saturated heterocycles. The fourth-order valence-corrected chi connectivity index (χ4v) is 2.93. The molecule has 2 aromatic carbocycles. The van der Waals surface area contributed by atoms with E-state index in [-0.39, 0.29) is 28.8 Å². The van der Waals surface area contributed by atoms with Gasteiger partial charge in [-0.1, -0.05) is 26.0 Å². The molecule has 7 nitrogen and oxygen atoms in total. The Morgan fingerprint density at radius 1 is 1.07 bits per heavy atom. The van der Waals surface area contributed by atoms with Crippen molar-refractivity contribution < 1.29 is 28.5 Å². The summed E-state index contributed by atoms with van der Waals surface area (Å²) in [6, 6.07) is 11.0. The second kappa shape index (κ2) is 8.82. The van der Waals surface area contributed by atoms with Crippen molar-refractivity contribution in [3.8, 4) is 17.2 Å². The highest BCUT2D eigenvalue weighted by Crippen LogP contribution is 2.39. The van der Waals surface area contributed by atoms with Gasteiger partial charge in [-0.3, -0.25) is 4.79 Å². The Morgan fingerprint density at radius 2 is 1.67 bits per heavy atom. The van der Waals surface area contributed by atoms with Gasteiger partial charge in [-0.2, -0.15) is 0 Å². The fourth-order valence-electron chi connectivity index (χ4n) is 2.93. The summed E-state index contributed by atoms with van der Waals surface area (Å²) >= 11 is 0. The van der Waals surface area contributed by atoms with Gasteiger partial charge in [0.15, 0.2) is 17.2 Å². The number of carbonyl (C=O) groups excluding carboxylic acids is 2. The number of esters is 2. The average Bonchev–Trinajstić information content (AvgIpc) is 3.08. The molecule has 1 aliphatic rings. The molecule has 1 aliphatic heterocycles. The van der Waals surface area contributed by atoms with Crippen LogP contribution in [0.25, 0.3) is 6.08 Å². The number of hydrogen-bond acceptors (Lipinski definition) is 7. The Morgan fingerprint density at radius 3 is 2.17 bits per heavy atom. The number of nitrogens with zero attached hydrogens (tertiary/aromatic N) is 1. The van der Waals surface area contributed by atoms with Gasteiger partial charge in [-0.25, -0.2) is 9.79 Å². The molecule has 0 aromatic heterocycles. The van der Waals surface area contributed by atoms with Crippen LogP contribution in [0.15, 0.2) is 47.1 Å². The highest BCUT2D eigenvalue weighted by Gasteiger charge is 2.25. The van der Waals surface area contributed by atoms with Crippen molar-refractivity contribution in [2.24, 2.45) is 4.99 Å². The summed E-state index contributed by atoms with van der Waals surface area (Å²) in [5, 5.41) is 0. The van der Waals surface area contributed by atoms with Crippen LogP contribution in [0.3, 0.4) is 0 Å². The standard InChI is InChI=1S/C23H23NO6/c1-13(2)16-6-8-17(9-7-16)22-24-18(23(26)30-22)10-15-11-19(27-4)21(29-14(3)25)20(12-15)28-5/h6-13H,1-5H3/b18-10-. The molecule has 0 atom stereocenters. The first-order valence-electron chi connectivity index (χ1n) is 9.39. The third-order valence-corrected chi connectivity index (χ3v) is 4.48. The normalized spacial score (nSPS) is 14.5. The van der Waals surface area contributed by atoms with Crippen molar-refractivity contribution in [3.05, 3.63) is 58.8 Å². The quantitative estimate of drug-likeness (QED) is 0.406. The van der Waals surface area contributed by atoms with Crippen LogP contribution < -0.4 is 14.2 Å². The highest BCUT2D eigenvalue weighted by molar-refractivity contribution is 6.12. The minimum Gasteiger partial charge on any atom is -0.493 e. The Balaban J connectivity index is 1.95. The summed E-state index contributed by atoms with van der Waals surface area (Å²) in [6.45, 7) is 5.50. The Bertz CT molecular complexity index is 1010. The summed E-state index contributed by atoms with van der Waals surface area (Å²) < 4.78 is 21.1. The SMILES string of the molecule is COc1cc(/C=C2\N=C(c3ccc(C(C)C)cc3)OC2=O)cc(OC)c1OC(C)=O. The van der Waals surface area contributed by atoms with Crippen molar-refractivity contribution in [1.29, 1.82) is 0 Å². The molecule has 30 heavy (non-hydrogen) atoms. The molecule has 2 aromatic rings. The molecule has 1 heterocycles. The van der Waals surface area contributed by atoms with Gasteiger partial charge < -0.3 is 18.9 Å². The van der Waals surface area contributed by atoms with Gasteiger partial charge in [0.2, 0.25) is 11.6 Å². The second-order valence-electron chi connectivity index (χ2n) is 6.96. The first-order valence-corrected chi connectivity index (χ1v) is 9.39. The topological polar surface area (TPSA) is 83.4 Å². The maximum Gasteiger partial charge on any atom is 0.363 e. The summed E-state index contributed by atoms with van der Waals surface area (Å²) in [7, 11) is 2.89. The van der Waals surface area contributed by atoms with E-state index in [4.69, 9.17) is 18.9 Å². The summed E-state index contributed by atoms with van der Waals surface area (Å²) in [4.78, 5) is 28.0. The molecule has 0 amide bonds. The van der Waals surface area contributed by atoms with Crippen molar-refractivity contribution in [1.82, 2.24) is 0 Å². The number of benzene rings is 2. The lowest BCUT2D eigenvalue weighted by Crippen LogP contribution is -2.06. The van der Waals surface area contributed by atoms with Crippen LogP contribution in [0, 0.1) is 0 Å². The molecule has 156 valence electrons. The van der Waals surface area contributed by atoms with Crippen LogP contribution in [0.4, 0.5) is 0 Å². The lowest BCUT2D eigenvalue weighted by atomic mass is 10.0. The van der Waals surface area contributed by atoms with Gasteiger partial charge >= 0.3 is 11.9 Å². The predicted molar refractivity (Wildman–Crippen MR) is 112 cm³/mol. The number of cyclic esters (lactones) is 1. The first kappa shape index (κ1) is 21.1. The van der Waals surface area contributed by atoms with Gasteiger partial charge in [0.05, 0.1) is 14.2 Å². The molecule has 7 heteroatoms. The number of rotatable bonds is 6. The van der Waals surface area contributed by atoms with Gasteiger partial charge in [0.1, 0.15) is 0 Å². The molecular weight excluding hydrogens is 386 g/mol. The zero-order valence-corrected chi connectivity index (χ0v) is 17.5. The third kappa shape index (κ3) is 4.51. The van der Waals surface area contributed by atoms with E-state index in [2.05, 4.69) is 18.8 Å². The van der Waals surface area contributed by atoms with E-state index in [9.17, 15) is 9.59 Å². The van der Waals surface area contributed by atoms with Crippen molar-refractivity contribution in [3.63, 3.8) is 0 Å². The Labute approximate surface area is 174 Å². The van der Waals surface area contributed by atoms with Crippen molar-refractivity contribution >= 4 is 23.9 Å². The van der Waals surface area contributed by atoms with E-state index in [0.717, 1.165) is 5.56 Å². The summed E-state index contributed by atoms with van der Waals surface area (Å²) in [6.07, 6.45) is 1.56. The molecule has 0 aliphatic carbocycles. The van der Waals surface area contributed by atoms with E-state index in [1.807, 2.05) is 24.3 Å². The zero-order valence-electron chi connectivity index (χ0n) is 17.5.